The van der Waals surface area contributed by atoms with Gasteiger partial charge in [-0.15, -0.1) is 10.2 Å². The highest BCUT2D eigenvalue weighted by Gasteiger charge is 2.25. The van der Waals surface area contributed by atoms with Crippen molar-refractivity contribution >= 4 is 0 Å². The van der Waals surface area contributed by atoms with Crippen LogP contribution in [0.5, 0.6) is 0 Å². The summed E-state index contributed by atoms with van der Waals surface area (Å²) in [6.45, 7) is 0.622. The van der Waals surface area contributed by atoms with E-state index in [1.165, 1.54) is 0 Å². The van der Waals surface area contributed by atoms with Gasteiger partial charge in [0.1, 0.15) is 6.10 Å². The van der Waals surface area contributed by atoms with E-state index in [2.05, 4.69) is 10.2 Å². The molecule has 13 heavy (non-hydrogen) atoms. The number of hydrogen-bond donors (Lipinski definition) is 0. The van der Waals surface area contributed by atoms with Crippen LogP contribution >= 0.6 is 0 Å². The first-order valence-corrected chi connectivity index (χ1v) is 4.00. The Morgan fingerprint density at radius 2 is 2.23 bits per heavy atom. The first kappa shape index (κ1) is 8.55. The summed E-state index contributed by atoms with van der Waals surface area (Å²) in [5, 5.41) is 6.71. The van der Waals surface area contributed by atoms with E-state index in [1.807, 2.05) is 0 Å². The first-order valence-electron chi connectivity index (χ1n) is 4.00. The maximum absolute atomic E-state index is 12.0. The molecule has 1 atom stereocenters. The number of alkyl halides is 2. The average molecular weight is 190 g/mol. The fraction of sp³-hybridized carbons (Fsp3) is 0.714. The highest BCUT2D eigenvalue weighted by atomic mass is 19.3. The van der Waals surface area contributed by atoms with Crippen LogP contribution in [0.4, 0.5) is 8.78 Å². The second kappa shape index (κ2) is 3.37. The van der Waals surface area contributed by atoms with Gasteiger partial charge in [0.25, 0.3) is 5.89 Å². The van der Waals surface area contributed by atoms with Crippen LogP contribution in [0.25, 0.3) is 0 Å². The van der Waals surface area contributed by atoms with Gasteiger partial charge in [-0.05, 0) is 12.8 Å². The van der Waals surface area contributed by atoms with Crippen molar-refractivity contribution in [2.75, 3.05) is 6.61 Å². The molecule has 0 N–H and O–H groups in total. The van der Waals surface area contributed by atoms with Crippen molar-refractivity contribution in [1.29, 1.82) is 0 Å². The molecule has 72 valence electrons. The van der Waals surface area contributed by atoms with Gasteiger partial charge in [0.05, 0.1) is 0 Å². The number of nitrogens with zero attached hydrogens (tertiary/aromatic N) is 2. The predicted molar refractivity (Wildman–Crippen MR) is 37.2 cm³/mol. The minimum absolute atomic E-state index is 0.160. The van der Waals surface area contributed by atoms with Crippen LogP contribution in [0.2, 0.25) is 0 Å². The van der Waals surface area contributed by atoms with Crippen molar-refractivity contribution in [2.45, 2.75) is 25.4 Å². The molecule has 4 nitrogen and oxygen atoms in total. The highest BCUT2D eigenvalue weighted by Crippen LogP contribution is 2.28. The SMILES string of the molecule is FC(F)c1nnc(C2CCCO2)o1. The molecule has 1 saturated heterocycles. The van der Waals surface area contributed by atoms with Crippen molar-refractivity contribution in [1.82, 2.24) is 10.2 Å². The third kappa shape index (κ3) is 1.67. The molecule has 1 unspecified atom stereocenters. The Bertz CT molecular complexity index is 284. The number of ether oxygens (including phenoxy) is 1. The Kier molecular flexibility index (Phi) is 2.22. The largest absolute Gasteiger partial charge is 0.417 e. The highest BCUT2D eigenvalue weighted by molar-refractivity contribution is 4.89. The van der Waals surface area contributed by atoms with Gasteiger partial charge in [0.15, 0.2) is 0 Å². The zero-order valence-corrected chi connectivity index (χ0v) is 6.74. The van der Waals surface area contributed by atoms with Gasteiger partial charge < -0.3 is 9.15 Å². The maximum Gasteiger partial charge on any atom is 0.314 e. The van der Waals surface area contributed by atoms with Crippen molar-refractivity contribution in [3.8, 4) is 0 Å². The summed E-state index contributed by atoms with van der Waals surface area (Å²) in [7, 11) is 0. The Hall–Kier alpha value is -1.04. The smallest absolute Gasteiger partial charge is 0.314 e. The molecule has 1 aliphatic rings. The average Bonchev–Trinajstić information content (AvgIpc) is 2.75. The minimum atomic E-state index is -2.71. The van der Waals surface area contributed by atoms with Crippen LogP contribution in [-0.2, 0) is 4.74 Å². The van der Waals surface area contributed by atoms with E-state index in [0.717, 1.165) is 12.8 Å². The van der Waals surface area contributed by atoms with Crippen LogP contribution in [0.1, 0.15) is 37.2 Å². The van der Waals surface area contributed by atoms with Crippen molar-refractivity contribution in [2.24, 2.45) is 0 Å². The van der Waals surface area contributed by atoms with Crippen LogP contribution in [0, 0.1) is 0 Å². The standard InChI is InChI=1S/C7H8F2N2O2/c8-5(9)7-11-10-6(13-7)4-2-1-3-12-4/h4-5H,1-3H2. The summed E-state index contributed by atoms with van der Waals surface area (Å²) in [6.07, 6.45) is -1.34. The van der Waals surface area contributed by atoms with Gasteiger partial charge in [-0.25, -0.2) is 0 Å². The van der Waals surface area contributed by atoms with Crippen molar-refractivity contribution < 1.29 is 17.9 Å². The van der Waals surface area contributed by atoms with Crippen LogP contribution < -0.4 is 0 Å². The quantitative estimate of drug-likeness (QED) is 0.714. The lowest BCUT2D eigenvalue weighted by molar-refractivity contribution is 0.0757. The Morgan fingerprint density at radius 3 is 2.77 bits per heavy atom. The normalized spacial score (nSPS) is 22.8. The molecule has 0 spiro atoms. The lowest BCUT2D eigenvalue weighted by Crippen LogP contribution is -1.95. The molecule has 0 aromatic carbocycles. The fourth-order valence-corrected chi connectivity index (χ4v) is 1.24. The van der Waals surface area contributed by atoms with Crippen molar-refractivity contribution in [3.05, 3.63) is 11.8 Å². The second-order valence-electron chi connectivity index (χ2n) is 2.78. The van der Waals surface area contributed by atoms with Crippen LogP contribution in [0.15, 0.2) is 4.42 Å². The van der Waals surface area contributed by atoms with Gasteiger partial charge in [-0.3, -0.25) is 0 Å². The molecule has 0 aliphatic carbocycles. The minimum Gasteiger partial charge on any atom is -0.417 e. The Labute approximate surface area is 72.9 Å². The number of aromatic nitrogens is 2. The molecule has 6 heteroatoms. The van der Waals surface area contributed by atoms with Gasteiger partial charge in [0, 0.05) is 6.61 Å². The molecule has 0 amide bonds. The van der Waals surface area contributed by atoms with E-state index in [0.29, 0.717) is 6.61 Å². The van der Waals surface area contributed by atoms with E-state index < -0.39 is 12.3 Å². The molecule has 2 heterocycles. The van der Waals surface area contributed by atoms with Crippen LogP contribution in [0.3, 0.4) is 0 Å². The molecule has 2 rings (SSSR count). The fourth-order valence-electron chi connectivity index (χ4n) is 1.24. The van der Waals surface area contributed by atoms with Gasteiger partial charge in [-0.1, -0.05) is 0 Å². The first-order chi connectivity index (χ1) is 6.27. The maximum atomic E-state index is 12.0. The van der Waals surface area contributed by atoms with Gasteiger partial charge >= 0.3 is 6.43 Å². The number of rotatable bonds is 2. The number of hydrogen-bond acceptors (Lipinski definition) is 4. The van der Waals surface area contributed by atoms with E-state index in [-0.39, 0.29) is 12.0 Å². The number of halogens is 2. The third-order valence-electron chi connectivity index (χ3n) is 1.85. The molecule has 0 bridgehead atoms. The van der Waals surface area contributed by atoms with Crippen LogP contribution in [-0.4, -0.2) is 16.8 Å². The lowest BCUT2D eigenvalue weighted by atomic mass is 10.2. The Balaban J connectivity index is 2.12. The second-order valence-corrected chi connectivity index (χ2v) is 2.78. The summed E-state index contributed by atoms with van der Waals surface area (Å²) in [5.41, 5.74) is 0. The molecular weight excluding hydrogens is 182 g/mol. The summed E-state index contributed by atoms with van der Waals surface area (Å²) >= 11 is 0. The predicted octanol–water partition coefficient (Wildman–Crippen LogP) is 1.86. The molecule has 1 aliphatic heterocycles. The van der Waals surface area contributed by atoms with E-state index in [9.17, 15) is 8.78 Å². The van der Waals surface area contributed by atoms with E-state index in [1.54, 1.807) is 0 Å². The molecule has 1 aromatic rings. The third-order valence-corrected chi connectivity index (χ3v) is 1.85. The lowest BCUT2D eigenvalue weighted by Gasteiger charge is -2.01. The molecule has 0 radical (unpaired) electrons. The molecule has 1 aromatic heterocycles. The molecule has 0 saturated carbocycles. The summed E-state index contributed by atoms with van der Waals surface area (Å²) in [4.78, 5) is 0. The zero-order chi connectivity index (χ0) is 9.26. The molecular formula is C7H8F2N2O2. The monoisotopic (exact) mass is 190 g/mol. The molecule has 1 fully saturated rings. The van der Waals surface area contributed by atoms with E-state index >= 15 is 0 Å². The van der Waals surface area contributed by atoms with Crippen molar-refractivity contribution in [3.63, 3.8) is 0 Å². The zero-order valence-electron chi connectivity index (χ0n) is 6.74. The van der Waals surface area contributed by atoms with Gasteiger partial charge in [-0.2, -0.15) is 8.78 Å². The summed E-state index contributed by atoms with van der Waals surface area (Å²) in [6, 6.07) is 0. The summed E-state index contributed by atoms with van der Waals surface area (Å²) < 4.78 is 34.0. The topological polar surface area (TPSA) is 48.2 Å². The Morgan fingerprint density at radius 1 is 1.38 bits per heavy atom. The summed E-state index contributed by atoms with van der Waals surface area (Å²) in [5.74, 6) is -0.474. The van der Waals surface area contributed by atoms with E-state index in [4.69, 9.17) is 9.15 Å². The van der Waals surface area contributed by atoms with Gasteiger partial charge in [0.2, 0.25) is 5.89 Å².